The predicted molar refractivity (Wildman–Crippen MR) is 72.7 cm³/mol. The van der Waals surface area contributed by atoms with Gasteiger partial charge in [-0.3, -0.25) is 4.79 Å². The average Bonchev–Trinajstić information content (AvgIpc) is 2.84. The van der Waals surface area contributed by atoms with Gasteiger partial charge in [0.05, 0.1) is 19.6 Å². The van der Waals surface area contributed by atoms with Crippen LogP contribution in [0.3, 0.4) is 0 Å². The number of carbonyl (C=O) groups is 2. The number of nitrogens with one attached hydrogen (secondary N) is 1. The Hall–Kier alpha value is -1.34. The fourth-order valence-electron chi connectivity index (χ4n) is 2.23. The van der Waals surface area contributed by atoms with E-state index in [9.17, 15) is 9.59 Å². The van der Waals surface area contributed by atoms with Gasteiger partial charge in [0.25, 0.3) is 0 Å². The number of carboxylic acids is 1. The molecule has 1 atom stereocenters. The second-order valence-electron chi connectivity index (χ2n) is 4.78. The summed E-state index contributed by atoms with van der Waals surface area (Å²) in [4.78, 5) is 24.3. The Balaban J connectivity index is 2.13. The number of urea groups is 1. The summed E-state index contributed by atoms with van der Waals surface area (Å²) in [5.41, 5.74) is 0. The van der Waals surface area contributed by atoms with Crippen LogP contribution in [-0.4, -0.2) is 68.1 Å². The van der Waals surface area contributed by atoms with E-state index in [1.807, 2.05) is 0 Å². The summed E-state index contributed by atoms with van der Waals surface area (Å²) in [6, 6.07) is -0.351. The van der Waals surface area contributed by atoms with Crippen LogP contribution in [0.4, 0.5) is 4.79 Å². The quantitative estimate of drug-likeness (QED) is 0.609. The van der Waals surface area contributed by atoms with Gasteiger partial charge >= 0.3 is 12.0 Å². The largest absolute Gasteiger partial charge is 0.481 e. The van der Waals surface area contributed by atoms with Crippen molar-refractivity contribution in [2.24, 2.45) is 0 Å². The molecule has 1 saturated heterocycles. The fourth-order valence-corrected chi connectivity index (χ4v) is 2.23. The number of nitrogens with zero attached hydrogens (tertiary/aromatic N) is 1. The van der Waals surface area contributed by atoms with Gasteiger partial charge in [0, 0.05) is 32.8 Å². The van der Waals surface area contributed by atoms with E-state index in [0.29, 0.717) is 32.9 Å². The molecule has 1 fully saturated rings. The van der Waals surface area contributed by atoms with Gasteiger partial charge in [-0.05, 0) is 19.3 Å². The third kappa shape index (κ3) is 6.21. The van der Waals surface area contributed by atoms with Crippen molar-refractivity contribution in [3.05, 3.63) is 0 Å². The molecule has 1 aliphatic heterocycles. The molecule has 0 bridgehead atoms. The summed E-state index contributed by atoms with van der Waals surface area (Å²) in [6.45, 7) is 2.85. The lowest BCUT2D eigenvalue weighted by atomic mass is 10.1. The maximum atomic E-state index is 11.9. The molecule has 2 N–H and O–H groups in total. The van der Waals surface area contributed by atoms with Crippen LogP contribution in [0.2, 0.25) is 0 Å². The highest BCUT2D eigenvalue weighted by molar-refractivity contribution is 5.76. The minimum Gasteiger partial charge on any atom is -0.481 e. The molecule has 1 aliphatic rings. The fraction of sp³-hybridized carbons (Fsp3) is 0.846. The van der Waals surface area contributed by atoms with Gasteiger partial charge in [0.2, 0.25) is 0 Å². The Labute approximate surface area is 119 Å². The second-order valence-corrected chi connectivity index (χ2v) is 4.78. The molecule has 0 aromatic carbocycles. The maximum Gasteiger partial charge on any atom is 0.317 e. The van der Waals surface area contributed by atoms with Gasteiger partial charge in [0.15, 0.2) is 0 Å². The molecular formula is C13H24N2O5. The summed E-state index contributed by atoms with van der Waals surface area (Å²) in [6.07, 6.45) is 2.38. The van der Waals surface area contributed by atoms with E-state index in [0.717, 1.165) is 19.3 Å². The summed E-state index contributed by atoms with van der Waals surface area (Å²) in [5, 5.41) is 11.6. The number of hydrogen-bond donors (Lipinski definition) is 2. The molecule has 0 aromatic rings. The molecule has 7 heteroatoms. The molecule has 1 rings (SSSR count). The van der Waals surface area contributed by atoms with Crippen LogP contribution < -0.4 is 5.32 Å². The van der Waals surface area contributed by atoms with E-state index >= 15 is 0 Å². The zero-order valence-electron chi connectivity index (χ0n) is 12.0. The van der Waals surface area contributed by atoms with Crippen LogP contribution in [0, 0.1) is 0 Å². The molecule has 0 spiro atoms. The van der Waals surface area contributed by atoms with Crippen molar-refractivity contribution < 1.29 is 24.2 Å². The number of amides is 2. The first-order valence-corrected chi connectivity index (χ1v) is 6.98. The van der Waals surface area contributed by atoms with Crippen molar-refractivity contribution >= 4 is 12.0 Å². The first-order valence-electron chi connectivity index (χ1n) is 6.98. The molecule has 2 amide bonds. The zero-order valence-corrected chi connectivity index (χ0v) is 12.0. The zero-order chi connectivity index (χ0) is 14.8. The number of ether oxygens (including phenoxy) is 2. The lowest BCUT2D eigenvalue weighted by molar-refractivity contribution is -0.137. The van der Waals surface area contributed by atoms with Crippen LogP contribution in [0.1, 0.15) is 25.7 Å². The van der Waals surface area contributed by atoms with E-state index in [-0.39, 0.29) is 18.5 Å². The van der Waals surface area contributed by atoms with Crippen molar-refractivity contribution in [3.8, 4) is 0 Å². The standard InChI is InChI=1S/C13H24N2O5/c1-19-8-9-20-7-3-5-14-13(18)15-6-2-4-11(15)10-12(16)17/h11H,2-10H2,1H3,(H,14,18)(H,16,17). The van der Waals surface area contributed by atoms with Crippen LogP contribution >= 0.6 is 0 Å². The molecular weight excluding hydrogens is 264 g/mol. The van der Waals surface area contributed by atoms with Crippen molar-refractivity contribution in [1.29, 1.82) is 0 Å². The molecule has 0 saturated carbocycles. The summed E-state index contributed by atoms with van der Waals surface area (Å²) in [7, 11) is 1.62. The predicted octanol–water partition coefficient (Wildman–Crippen LogP) is 0.688. The van der Waals surface area contributed by atoms with Gasteiger partial charge in [0.1, 0.15) is 0 Å². The third-order valence-electron chi connectivity index (χ3n) is 3.22. The van der Waals surface area contributed by atoms with Crippen molar-refractivity contribution in [2.45, 2.75) is 31.7 Å². The van der Waals surface area contributed by atoms with Crippen molar-refractivity contribution in [1.82, 2.24) is 10.2 Å². The monoisotopic (exact) mass is 288 g/mol. The Bertz CT molecular complexity index is 311. The molecule has 20 heavy (non-hydrogen) atoms. The molecule has 0 aromatic heterocycles. The van der Waals surface area contributed by atoms with Crippen LogP contribution in [0.15, 0.2) is 0 Å². The highest BCUT2D eigenvalue weighted by atomic mass is 16.5. The van der Waals surface area contributed by atoms with Gasteiger partial charge in [-0.25, -0.2) is 4.79 Å². The third-order valence-corrected chi connectivity index (χ3v) is 3.22. The first-order chi connectivity index (χ1) is 9.65. The van der Waals surface area contributed by atoms with E-state index in [4.69, 9.17) is 14.6 Å². The molecule has 7 nitrogen and oxygen atoms in total. The number of rotatable bonds is 9. The topological polar surface area (TPSA) is 88.1 Å². The molecule has 0 aliphatic carbocycles. The minimum atomic E-state index is -0.860. The first kappa shape index (κ1) is 16.7. The highest BCUT2D eigenvalue weighted by Crippen LogP contribution is 2.19. The van der Waals surface area contributed by atoms with Crippen LogP contribution in [-0.2, 0) is 14.3 Å². The molecule has 1 heterocycles. The van der Waals surface area contributed by atoms with Crippen molar-refractivity contribution in [3.63, 3.8) is 0 Å². The van der Waals surface area contributed by atoms with Crippen LogP contribution in [0.25, 0.3) is 0 Å². The van der Waals surface area contributed by atoms with E-state index < -0.39 is 5.97 Å². The number of likely N-dealkylation sites (tertiary alicyclic amines) is 1. The summed E-state index contributed by atoms with van der Waals surface area (Å²) in [5.74, 6) is -0.860. The minimum absolute atomic E-state index is 0.0214. The molecule has 1 unspecified atom stereocenters. The highest BCUT2D eigenvalue weighted by Gasteiger charge is 2.29. The van der Waals surface area contributed by atoms with Gasteiger partial charge in [-0.1, -0.05) is 0 Å². The van der Waals surface area contributed by atoms with Crippen molar-refractivity contribution in [2.75, 3.05) is 40.0 Å². The Morgan fingerprint density at radius 2 is 2.15 bits per heavy atom. The number of hydrogen-bond acceptors (Lipinski definition) is 4. The maximum absolute atomic E-state index is 11.9. The van der Waals surface area contributed by atoms with Crippen LogP contribution in [0.5, 0.6) is 0 Å². The Kier molecular flexibility index (Phi) is 7.98. The summed E-state index contributed by atoms with van der Waals surface area (Å²) < 4.78 is 10.1. The normalized spacial score (nSPS) is 18.2. The molecule has 116 valence electrons. The summed E-state index contributed by atoms with van der Waals surface area (Å²) >= 11 is 0. The smallest absolute Gasteiger partial charge is 0.317 e. The molecule has 0 radical (unpaired) electrons. The number of carbonyl (C=O) groups excluding carboxylic acids is 1. The van der Waals surface area contributed by atoms with E-state index in [1.54, 1.807) is 12.0 Å². The van der Waals surface area contributed by atoms with Gasteiger partial charge in [-0.2, -0.15) is 0 Å². The van der Waals surface area contributed by atoms with E-state index in [2.05, 4.69) is 5.32 Å². The number of carboxylic acid groups (broad SMARTS) is 1. The average molecular weight is 288 g/mol. The lowest BCUT2D eigenvalue weighted by Gasteiger charge is -2.23. The second kappa shape index (κ2) is 9.55. The SMILES string of the molecule is COCCOCCCNC(=O)N1CCCC1CC(=O)O. The van der Waals surface area contributed by atoms with E-state index in [1.165, 1.54) is 0 Å². The van der Waals surface area contributed by atoms with Gasteiger partial charge < -0.3 is 24.8 Å². The lowest BCUT2D eigenvalue weighted by Crippen LogP contribution is -2.44. The number of aliphatic carboxylic acids is 1. The Morgan fingerprint density at radius 1 is 1.35 bits per heavy atom. The number of methoxy groups -OCH3 is 1. The Morgan fingerprint density at radius 3 is 2.85 bits per heavy atom. The van der Waals surface area contributed by atoms with Gasteiger partial charge in [-0.15, -0.1) is 0 Å².